The monoisotopic (exact) mass is 365 g/mol. The highest BCUT2D eigenvalue weighted by atomic mass is 16.4. The van der Waals surface area contributed by atoms with Gasteiger partial charge in [0.2, 0.25) is 0 Å². The van der Waals surface area contributed by atoms with E-state index in [9.17, 15) is 29.7 Å². The molecule has 1 aliphatic rings. The Labute approximate surface area is 153 Å². The summed E-state index contributed by atoms with van der Waals surface area (Å²) in [5, 5.41) is 29.8. The van der Waals surface area contributed by atoms with Gasteiger partial charge in [-0.15, -0.1) is 0 Å². The first-order valence-corrected chi connectivity index (χ1v) is 8.61. The predicted molar refractivity (Wildman–Crippen MR) is 96.4 cm³/mol. The molecule has 0 aromatic rings. The number of nitrogens with zero attached hydrogens (tertiary/aromatic N) is 1. The highest BCUT2D eigenvalue weighted by molar-refractivity contribution is 6.27. The molecule has 26 heavy (non-hydrogen) atoms. The molecular formula is C19H27NO6. The molecule has 0 spiro atoms. The van der Waals surface area contributed by atoms with Crippen molar-refractivity contribution in [3.63, 3.8) is 0 Å². The van der Waals surface area contributed by atoms with Crippen LogP contribution in [0.4, 0.5) is 0 Å². The van der Waals surface area contributed by atoms with E-state index in [4.69, 9.17) is 0 Å². The number of carbonyl (C=O) groups excluding carboxylic acids is 2. The molecule has 0 aliphatic carbocycles. The summed E-state index contributed by atoms with van der Waals surface area (Å²) in [7, 11) is 1.35. The zero-order chi connectivity index (χ0) is 20.1. The van der Waals surface area contributed by atoms with E-state index in [1.54, 1.807) is 6.08 Å². The number of likely N-dealkylation sites (N-methyl/N-ethyl adjacent to an activating group) is 1. The molecule has 7 nitrogen and oxygen atoms in total. The number of Topliss-reactive ketones (excluding diaryl/α,β-unsaturated/α-hetero) is 1. The summed E-state index contributed by atoms with van der Waals surface area (Å²) in [6.45, 7) is 5.07. The molecule has 1 fully saturated rings. The lowest BCUT2D eigenvalue weighted by molar-refractivity contribution is -0.166. The van der Waals surface area contributed by atoms with E-state index in [2.05, 4.69) is 0 Å². The van der Waals surface area contributed by atoms with Crippen LogP contribution in [-0.2, 0) is 14.4 Å². The maximum Gasteiger partial charge on any atom is 0.336 e. The first-order chi connectivity index (χ1) is 12.1. The quantitative estimate of drug-likeness (QED) is 0.262. The van der Waals surface area contributed by atoms with Crippen LogP contribution in [-0.4, -0.2) is 56.6 Å². The second kappa shape index (κ2) is 8.80. The molecule has 0 bridgehead atoms. The van der Waals surface area contributed by atoms with E-state index in [1.807, 2.05) is 13.0 Å². The molecule has 0 saturated carbocycles. The van der Waals surface area contributed by atoms with E-state index in [-0.39, 0.29) is 0 Å². The summed E-state index contributed by atoms with van der Waals surface area (Å²) >= 11 is 0. The summed E-state index contributed by atoms with van der Waals surface area (Å²) in [4.78, 5) is 37.4. The fourth-order valence-corrected chi connectivity index (χ4v) is 2.67. The van der Waals surface area contributed by atoms with Crippen molar-refractivity contribution in [2.75, 3.05) is 7.05 Å². The molecule has 1 saturated heterocycles. The smallest absolute Gasteiger partial charge is 0.336 e. The van der Waals surface area contributed by atoms with Crippen LogP contribution in [0.15, 0.2) is 35.6 Å². The van der Waals surface area contributed by atoms with Gasteiger partial charge in [-0.25, -0.2) is 4.79 Å². The van der Waals surface area contributed by atoms with Crippen LogP contribution in [0.1, 0.15) is 40.0 Å². The lowest BCUT2D eigenvalue weighted by atomic mass is 9.83. The van der Waals surface area contributed by atoms with Crippen molar-refractivity contribution in [2.45, 2.75) is 51.7 Å². The zero-order valence-corrected chi connectivity index (χ0v) is 15.6. The van der Waals surface area contributed by atoms with Crippen LogP contribution in [0.25, 0.3) is 0 Å². The van der Waals surface area contributed by atoms with Gasteiger partial charge in [-0.1, -0.05) is 45.4 Å². The first-order valence-electron chi connectivity index (χ1n) is 8.61. The molecule has 1 amide bonds. The molecule has 1 rings (SSSR count). The number of aliphatic carboxylic acids is 1. The van der Waals surface area contributed by atoms with E-state index in [0.29, 0.717) is 0 Å². The van der Waals surface area contributed by atoms with Gasteiger partial charge in [-0.2, -0.15) is 0 Å². The molecule has 1 aliphatic heterocycles. The topological polar surface area (TPSA) is 115 Å². The molecule has 144 valence electrons. The van der Waals surface area contributed by atoms with Crippen LogP contribution in [0.3, 0.4) is 0 Å². The summed E-state index contributed by atoms with van der Waals surface area (Å²) in [6.07, 6.45) is 7.76. The first kappa shape index (κ1) is 21.6. The van der Waals surface area contributed by atoms with Gasteiger partial charge in [0.1, 0.15) is 11.3 Å². The van der Waals surface area contributed by atoms with Crippen LogP contribution >= 0.6 is 0 Å². The number of aliphatic hydroxyl groups excluding tert-OH is 1. The van der Waals surface area contributed by atoms with Crippen molar-refractivity contribution in [1.82, 2.24) is 4.90 Å². The number of rotatable bonds is 8. The van der Waals surface area contributed by atoms with Crippen LogP contribution in [0.5, 0.6) is 0 Å². The molecule has 0 aromatic heterocycles. The number of unbranched alkanes of at least 4 members (excludes halogenated alkanes) is 1. The van der Waals surface area contributed by atoms with E-state index in [1.165, 1.54) is 33.0 Å². The van der Waals surface area contributed by atoms with Crippen LogP contribution in [0.2, 0.25) is 0 Å². The fraction of sp³-hybridized carbons (Fsp3) is 0.526. The number of ketones is 1. The zero-order valence-electron chi connectivity index (χ0n) is 15.6. The number of carbonyl (C=O) groups is 3. The van der Waals surface area contributed by atoms with Crippen molar-refractivity contribution in [2.24, 2.45) is 5.92 Å². The summed E-state index contributed by atoms with van der Waals surface area (Å²) in [5.41, 5.74) is -2.55. The molecule has 3 N–H and O–H groups in total. The molecule has 2 atom stereocenters. The maximum absolute atomic E-state index is 12.6. The summed E-state index contributed by atoms with van der Waals surface area (Å²) in [6, 6.07) is -1.15. The largest absolute Gasteiger partial charge is 0.507 e. The normalized spacial score (nSPS) is 22.7. The Bertz CT molecular complexity index is 661. The average molecular weight is 365 g/mol. The number of carboxylic acid groups (broad SMARTS) is 1. The van der Waals surface area contributed by atoms with Crippen LogP contribution < -0.4 is 0 Å². The van der Waals surface area contributed by atoms with Crippen molar-refractivity contribution in [1.29, 1.82) is 0 Å². The minimum absolute atomic E-state index is 0.394. The van der Waals surface area contributed by atoms with Crippen molar-refractivity contribution in [3.8, 4) is 0 Å². The van der Waals surface area contributed by atoms with Crippen molar-refractivity contribution < 1.29 is 29.7 Å². The fourth-order valence-electron chi connectivity index (χ4n) is 2.67. The number of aliphatic hydroxyl groups is 2. The predicted octanol–water partition coefficient (Wildman–Crippen LogP) is 1.98. The van der Waals surface area contributed by atoms with Crippen molar-refractivity contribution in [3.05, 3.63) is 35.6 Å². The van der Waals surface area contributed by atoms with Gasteiger partial charge < -0.3 is 20.2 Å². The average Bonchev–Trinajstić information content (AvgIpc) is 2.77. The van der Waals surface area contributed by atoms with Gasteiger partial charge in [0, 0.05) is 13.5 Å². The van der Waals surface area contributed by atoms with Gasteiger partial charge in [0.05, 0.1) is 6.04 Å². The Morgan fingerprint density at radius 3 is 2.38 bits per heavy atom. The Morgan fingerprint density at radius 2 is 1.88 bits per heavy atom. The third kappa shape index (κ3) is 4.40. The van der Waals surface area contributed by atoms with E-state index in [0.717, 1.165) is 17.7 Å². The molecular weight excluding hydrogens is 338 g/mol. The highest BCUT2D eigenvalue weighted by Gasteiger charge is 2.50. The molecule has 1 heterocycles. The Balaban J connectivity index is 3.12. The Morgan fingerprint density at radius 1 is 1.27 bits per heavy atom. The standard InChI is InChI=1S/C19H27NO6/c1-5-6-7-8-9-10-14(21)15-16(22)13(20(4)17(15)23)11-19(26,12(2)3)18(24)25/h7-10,12-13,21,26H,5-6,11H2,1-4H3,(H,24,25)/b8-7+,10-9+,15-14-/t13-,19+/m1/s1. The molecule has 0 unspecified atom stereocenters. The second-order valence-electron chi connectivity index (χ2n) is 6.72. The SMILES string of the molecule is CCC/C=C/C=C/C(O)=C1\C(=O)[C@@H](C[C@@](O)(C(=O)O)C(C)C)N(C)C1=O. The molecule has 0 aromatic carbocycles. The third-order valence-electron chi connectivity index (χ3n) is 4.59. The Kier molecular flexibility index (Phi) is 7.32. The van der Waals surface area contributed by atoms with Crippen LogP contribution in [0, 0.1) is 5.92 Å². The number of hydrogen-bond acceptors (Lipinski definition) is 5. The van der Waals surface area contributed by atoms with Gasteiger partial charge in [-0.05, 0) is 18.4 Å². The Hall–Kier alpha value is -2.41. The number of carboxylic acids is 1. The number of hydrogen-bond donors (Lipinski definition) is 3. The minimum Gasteiger partial charge on any atom is -0.507 e. The summed E-state index contributed by atoms with van der Waals surface area (Å²) in [5.74, 6) is -3.99. The second-order valence-corrected chi connectivity index (χ2v) is 6.72. The van der Waals surface area contributed by atoms with Gasteiger partial charge in [-0.3, -0.25) is 9.59 Å². The number of likely N-dealkylation sites (tertiary alicyclic amines) is 1. The van der Waals surface area contributed by atoms with Crippen molar-refractivity contribution >= 4 is 17.7 Å². The van der Waals surface area contributed by atoms with Gasteiger partial charge >= 0.3 is 5.97 Å². The minimum atomic E-state index is -2.15. The van der Waals surface area contributed by atoms with E-state index < -0.39 is 53.0 Å². The highest BCUT2D eigenvalue weighted by Crippen LogP contribution is 2.31. The van der Waals surface area contributed by atoms with Gasteiger partial charge in [0.25, 0.3) is 5.91 Å². The lowest BCUT2D eigenvalue weighted by Gasteiger charge is -2.31. The van der Waals surface area contributed by atoms with Gasteiger partial charge in [0.15, 0.2) is 11.4 Å². The molecule has 7 heteroatoms. The third-order valence-corrected chi connectivity index (χ3v) is 4.59. The molecule has 0 radical (unpaired) electrons. The number of allylic oxidation sites excluding steroid dienone is 4. The van der Waals surface area contributed by atoms with E-state index >= 15 is 0 Å². The summed E-state index contributed by atoms with van der Waals surface area (Å²) < 4.78 is 0. The lowest BCUT2D eigenvalue weighted by Crippen LogP contribution is -2.49. The number of amides is 1. The maximum atomic E-state index is 12.6.